The summed E-state index contributed by atoms with van der Waals surface area (Å²) < 4.78 is 16.6. The fourth-order valence-corrected chi connectivity index (χ4v) is 2.78. The van der Waals surface area contributed by atoms with E-state index in [1.165, 1.54) is 0 Å². The van der Waals surface area contributed by atoms with Crippen LogP contribution in [-0.4, -0.2) is 20.9 Å². The molecule has 2 rings (SSSR count). The highest BCUT2D eigenvalue weighted by molar-refractivity contribution is 6.70. The minimum absolute atomic E-state index is 0.413. The second-order valence-corrected chi connectivity index (χ2v) is 10.6. The van der Waals surface area contributed by atoms with Gasteiger partial charge in [0.2, 0.25) is 8.32 Å². The average Bonchev–Trinajstić information content (AvgIpc) is 2.54. The summed E-state index contributed by atoms with van der Waals surface area (Å²) in [6.45, 7) is 10.4. The Labute approximate surface area is 143 Å². The Morgan fingerprint density at radius 1 is 0.958 bits per heavy atom. The SMILES string of the molecule is C=CCOc1ccc(C(=O)Oc2ccc(O[Si](C)(C)C)cc2)cc1. The van der Waals surface area contributed by atoms with Crippen molar-refractivity contribution in [2.24, 2.45) is 0 Å². The molecule has 0 bridgehead atoms. The zero-order chi connectivity index (χ0) is 17.6. The fourth-order valence-electron chi connectivity index (χ4n) is 1.94. The highest BCUT2D eigenvalue weighted by Crippen LogP contribution is 2.21. The van der Waals surface area contributed by atoms with Gasteiger partial charge in [0, 0.05) is 0 Å². The molecule has 0 atom stereocenters. The summed E-state index contributed by atoms with van der Waals surface area (Å²) >= 11 is 0. The topological polar surface area (TPSA) is 44.8 Å². The molecular weight excluding hydrogens is 320 g/mol. The number of carbonyl (C=O) groups excluding carboxylic acids is 1. The van der Waals surface area contributed by atoms with Crippen molar-refractivity contribution in [3.05, 3.63) is 66.7 Å². The van der Waals surface area contributed by atoms with Crippen molar-refractivity contribution in [2.45, 2.75) is 19.6 Å². The number of rotatable bonds is 7. The van der Waals surface area contributed by atoms with Crippen LogP contribution in [0.15, 0.2) is 61.2 Å². The van der Waals surface area contributed by atoms with Gasteiger partial charge in [-0.15, -0.1) is 0 Å². The smallest absolute Gasteiger partial charge is 0.343 e. The summed E-state index contributed by atoms with van der Waals surface area (Å²) in [5.74, 6) is 1.54. The first kappa shape index (κ1) is 17.8. The maximum atomic E-state index is 12.1. The number of carbonyl (C=O) groups is 1. The van der Waals surface area contributed by atoms with Crippen molar-refractivity contribution in [1.82, 2.24) is 0 Å². The van der Waals surface area contributed by atoms with E-state index >= 15 is 0 Å². The molecule has 0 saturated carbocycles. The van der Waals surface area contributed by atoms with Crippen LogP contribution in [0.1, 0.15) is 10.4 Å². The minimum atomic E-state index is -1.64. The van der Waals surface area contributed by atoms with Crippen LogP contribution in [0.3, 0.4) is 0 Å². The molecule has 0 unspecified atom stereocenters. The predicted octanol–water partition coefficient (Wildman–Crippen LogP) is 4.68. The summed E-state index contributed by atoms with van der Waals surface area (Å²) in [5.41, 5.74) is 0.461. The van der Waals surface area contributed by atoms with Crippen LogP contribution >= 0.6 is 0 Å². The molecule has 0 saturated heterocycles. The van der Waals surface area contributed by atoms with Gasteiger partial charge in [0.1, 0.15) is 23.9 Å². The molecule has 4 nitrogen and oxygen atoms in total. The lowest BCUT2D eigenvalue weighted by atomic mass is 10.2. The van der Waals surface area contributed by atoms with Gasteiger partial charge >= 0.3 is 5.97 Å². The molecule has 0 aromatic heterocycles. The van der Waals surface area contributed by atoms with Gasteiger partial charge < -0.3 is 13.9 Å². The Morgan fingerprint density at radius 2 is 1.50 bits per heavy atom. The molecule has 2 aromatic carbocycles. The zero-order valence-electron chi connectivity index (χ0n) is 14.2. The Bertz CT molecular complexity index is 685. The van der Waals surface area contributed by atoms with Gasteiger partial charge in [-0.05, 0) is 68.2 Å². The van der Waals surface area contributed by atoms with Crippen molar-refractivity contribution in [2.75, 3.05) is 6.61 Å². The molecule has 0 aliphatic rings. The standard InChI is InChI=1S/C19H22O4Si/c1-5-14-21-16-8-6-15(7-9-16)19(20)22-17-10-12-18(13-11-17)23-24(2,3)4/h5-13H,1,14H2,2-4H3. The largest absolute Gasteiger partial charge is 0.544 e. The molecule has 0 heterocycles. The van der Waals surface area contributed by atoms with E-state index in [1.807, 2.05) is 12.1 Å². The number of benzene rings is 2. The monoisotopic (exact) mass is 342 g/mol. The van der Waals surface area contributed by atoms with Gasteiger partial charge in [0.25, 0.3) is 0 Å². The van der Waals surface area contributed by atoms with E-state index in [-0.39, 0.29) is 0 Å². The molecule has 5 heteroatoms. The van der Waals surface area contributed by atoms with E-state index in [4.69, 9.17) is 13.9 Å². The van der Waals surface area contributed by atoms with E-state index < -0.39 is 14.3 Å². The maximum absolute atomic E-state index is 12.1. The first-order chi connectivity index (χ1) is 11.4. The lowest BCUT2D eigenvalue weighted by Gasteiger charge is -2.19. The summed E-state index contributed by atoms with van der Waals surface area (Å²) in [7, 11) is -1.64. The number of esters is 1. The second kappa shape index (κ2) is 7.83. The van der Waals surface area contributed by atoms with E-state index in [2.05, 4.69) is 26.2 Å². The fraction of sp³-hybridized carbons (Fsp3) is 0.211. The van der Waals surface area contributed by atoms with Crippen LogP contribution < -0.4 is 13.9 Å². The lowest BCUT2D eigenvalue weighted by molar-refractivity contribution is 0.0734. The van der Waals surface area contributed by atoms with E-state index in [1.54, 1.807) is 42.5 Å². The minimum Gasteiger partial charge on any atom is -0.544 e. The summed E-state index contributed by atoms with van der Waals surface area (Å²) in [5, 5.41) is 0. The molecule has 0 N–H and O–H groups in total. The van der Waals surface area contributed by atoms with Crippen LogP contribution in [0.5, 0.6) is 17.2 Å². The summed E-state index contributed by atoms with van der Waals surface area (Å²) in [6, 6.07) is 13.9. The van der Waals surface area contributed by atoms with Gasteiger partial charge in [-0.1, -0.05) is 12.7 Å². The molecule has 24 heavy (non-hydrogen) atoms. The highest BCUT2D eigenvalue weighted by atomic mass is 28.4. The van der Waals surface area contributed by atoms with Crippen molar-refractivity contribution in [3.63, 3.8) is 0 Å². The highest BCUT2D eigenvalue weighted by Gasteiger charge is 2.16. The molecule has 0 fully saturated rings. The number of hydrogen-bond donors (Lipinski definition) is 0. The third-order valence-electron chi connectivity index (χ3n) is 2.92. The number of hydrogen-bond acceptors (Lipinski definition) is 4. The van der Waals surface area contributed by atoms with Crippen LogP contribution in [-0.2, 0) is 0 Å². The summed E-state index contributed by atoms with van der Waals surface area (Å²) in [6.07, 6.45) is 1.66. The third-order valence-corrected chi connectivity index (χ3v) is 3.76. The normalized spacial score (nSPS) is 10.8. The molecule has 0 amide bonds. The summed E-state index contributed by atoms with van der Waals surface area (Å²) in [4.78, 5) is 12.1. The Kier molecular flexibility index (Phi) is 5.81. The molecule has 126 valence electrons. The molecule has 0 spiro atoms. The molecule has 0 aliphatic heterocycles. The van der Waals surface area contributed by atoms with Crippen molar-refractivity contribution in [3.8, 4) is 17.2 Å². The van der Waals surface area contributed by atoms with E-state index in [0.29, 0.717) is 23.7 Å². The average molecular weight is 342 g/mol. The third kappa shape index (κ3) is 5.59. The Balaban J connectivity index is 1.97. The lowest BCUT2D eigenvalue weighted by Crippen LogP contribution is -2.29. The van der Waals surface area contributed by atoms with Gasteiger partial charge in [-0.2, -0.15) is 0 Å². The molecule has 0 aliphatic carbocycles. The van der Waals surface area contributed by atoms with Gasteiger partial charge in [-0.25, -0.2) is 4.79 Å². The molecule has 2 aromatic rings. The molecule has 0 radical (unpaired) electrons. The van der Waals surface area contributed by atoms with Crippen molar-refractivity contribution >= 4 is 14.3 Å². The van der Waals surface area contributed by atoms with Crippen LogP contribution in [0, 0.1) is 0 Å². The van der Waals surface area contributed by atoms with Crippen molar-refractivity contribution in [1.29, 1.82) is 0 Å². The predicted molar refractivity (Wildman–Crippen MR) is 97.5 cm³/mol. The van der Waals surface area contributed by atoms with E-state index in [9.17, 15) is 4.79 Å². The maximum Gasteiger partial charge on any atom is 0.343 e. The molecular formula is C19H22O4Si. The first-order valence-corrected chi connectivity index (χ1v) is 11.1. The number of ether oxygens (including phenoxy) is 2. The van der Waals surface area contributed by atoms with E-state index in [0.717, 1.165) is 5.75 Å². The Hall–Kier alpha value is -2.53. The van der Waals surface area contributed by atoms with Gasteiger partial charge in [0.15, 0.2) is 0 Å². The quantitative estimate of drug-likeness (QED) is 0.317. The Morgan fingerprint density at radius 3 is 2.04 bits per heavy atom. The van der Waals surface area contributed by atoms with Gasteiger partial charge in [0.05, 0.1) is 5.56 Å². The van der Waals surface area contributed by atoms with Gasteiger partial charge in [-0.3, -0.25) is 0 Å². The zero-order valence-corrected chi connectivity index (χ0v) is 15.2. The first-order valence-electron chi connectivity index (χ1n) is 7.72. The van der Waals surface area contributed by atoms with Crippen LogP contribution in [0.2, 0.25) is 19.6 Å². The van der Waals surface area contributed by atoms with Crippen LogP contribution in [0.25, 0.3) is 0 Å². The van der Waals surface area contributed by atoms with Crippen LogP contribution in [0.4, 0.5) is 0 Å². The second-order valence-electron chi connectivity index (χ2n) is 6.20. The van der Waals surface area contributed by atoms with Crippen molar-refractivity contribution < 1.29 is 18.7 Å².